The molecule has 7 aliphatic rings. The number of carboxylic acid groups (broad SMARTS) is 1. The Morgan fingerprint density at radius 3 is 2.34 bits per heavy atom. The van der Waals surface area contributed by atoms with Crippen LogP contribution in [-0.2, 0) is 19.0 Å². The first-order valence-electron chi connectivity index (χ1n) is 18.7. The summed E-state index contributed by atoms with van der Waals surface area (Å²) in [6.45, 7) is 18.5. The Labute approximate surface area is 281 Å². The summed E-state index contributed by atoms with van der Waals surface area (Å²) < 4.78 is 19.3. The Hall–Kier alpha value is -1.42. The Bertz CT molecular complexity index is 1280. The number of nitrogens with zero attached hydrogens (tertiary/aromatic N) is 1. The lowest BCUT2D eigenvalue weighted by Gasteiger charge is -2.63. The number of aliphatic hydroxyl groups excluding tert-OH is 1. The SMILES string of the molecule is CCO[C@@H]([C@H]1C[C@@H](C)[C@H]2[C@H](O1)[C@H](O)[C@@]1(C)[C@@H]3CC[C@H]4C(C)(C)[C@@H](OC(=O)N5CC[C@@H](C(=O)O)C5)CC[C@@]45C[C@@]35CC[C@]21C)C(C)(C)O. The normalized spacial score (nSPS) is 50.3. The van der Waals surface area contributed by atoms with Crippen LogP contribution in [0.25, 0.3) is 0 Å². The number of carbonyl (C=O) groups excluding carboxylic acids is 1. The molecule has 7 fully saturated rings. The smallest absolute Gasteiger partial charge is 0.410 e. The number of rotatable bonds is 6. The Balaban J connectivity index is 1.12. The molecule has 0 aromatic rings. The van der Waals surface area contributed by atoms with Crippen molar-refractivity contribution >= 4 is 12.1 Å². The van der Waals surface area contributed by atoms with Gasteiger partial charge in [0.25, 0.3) is 0 Å². The third kappa shape index (κ3) is 4.46. The minimum Gasteiger partial charge on any atom is -0.481 e. The molecule has 1 amide bonds. The van der Waals surface area contributed by atoms with Crippen LogP contribution in [0.5, 0.6) is 0 Å². The van der Waals surface area contributed by atoms with Crippen LogP contribution in [0.3, 0.4) is 0 Å². The zero-order valence-corrected chi connectivity index (χ0v) is 30.1. The number of carbonyl (C=O) groups is 2. The van der Waals surface area contributed by atoms with Crippen LogP contribution in [0.4, 0.5) is 4.79 Å². The topological polar surface area (TPSA) is 126 Å². The first kappa shape index (κ1) is 34.0. The van der Waals surface area contributed by atoms with E-state index in [9.17, 15) is 24.9 Å². The summed E-state index contributed by atoms with van der Waals surface area (Å²) in [5.41, 5.74) is -1.16. The molecule has 9 nitrogen and oxygen atoms in total. The fraction of sp³-hybridized carbons (Fsp3) is 0.947. The van der Waals surface area contributed by atoms with E-state index in [0.29, 0.717) is 37.3 Å². The summed E-state index contributed by atoms with van der Waals surface area (Å²) in [6.07, 6.45) is 6.66. The number of carboxylic acids is 1. The standard InChI is InChI=1S/C38H61NO8/c1-9-45-30(34(5,6)44)23-18-21(2)27-28(46-23)29(40)36(8)25-11-10-24-33(3,4)26(47-32(43)39-17-13-22(19-39)31(41)42)12-14-37(24)20-38(25,37)16-15-35(27,36)7/h21-30,40,44H,9-20H2,1-8H3,(H,41,42)/t21-,22-,23-,24+,25+,26+,27+,28+,29+,30+,35-,36-,37-,38+/m1/s1. The van der Waals surface area contributed by atoms with Gasteiger partial charge in [0, 0.05) is 30.5 Å². The maximum Gasteiger partial charge on any atom is 0.410 e. The van der Waals surface area contributed by atoms with Crippen molar-refractivity contribution in [3.63, 3.8) is 0 Å². The van der Waals surface area contributed by atoms with Gasteiger partial charge in [0.2, 0.25) is 0 Å². The highest BCUT2D eigenvalue weighted by molar-refractivity contribution is 5.74. The van der Waals surface area contributed by atoms with Gasteiger partial charge in [-0.1, -0.05) is 34.6 Å². The van der Waals surface area contributed by atoms with Gasteiger partial charge in [-0.05, 0) is 118 Å². The van der Waals surface area contributed by atoms with Crippen molar-refractivity contribution < 1.29 is 39.1 Å². The van der Waals surface area contributed by atoms with Crippen LogP contribution >= 0.6 is 0 Å². The average molecular weight is 660 g/mol. The van der Waals surface area contributed by atoms with Gasteiger partial charge >= 0.3 is 12.1 Å². The van der Waals surface area contributed by atoms with Crippen molar-refractivity contribution in [2.24, 2.45) is 56.7 Å². The number of ether oxygens (including phenoxy) is 3. The fourth-order valence-corrected chi connectivity index (χ4v) is 14.0. The third-order valence-electron chi connectivity index (χ3n) is 16.2. The van der Waals surface area contributed by atoms with Crippen molar-refractivity contribution in [3.8, 4) is 0 Å². The van der Waals surface area contributed by atoms with Crippen LogP contribution in [0, 0.1) is 56.7 Å². The minimum atomic E-state index is -1.05. The second kappa shape index (κ2) is 10.8. The molecule has 0 radical (unpaired) electrons. The van der Waals surface area contributed by atoms with Crippen LogP contribution < -0.4 is 0 Å². The summed E-state index contributed by atoms with van der Waals surface area (Å²) in [4.78, 5) is 26.3. The van der Waals surface area contributed by atoms with E-state index in [-0.39, 0.29) is 63.9 Å². The highest BCUT2D eigenvalue weighted by Gasteiger charge is 2.84. The summed E-state index contributed by atoms with van der Waals surface area (Å²) in [7, 11) is 0. The maximum atomic E-state index is 13.2. The zero-order chi connectivity index (χ0) is 34.1. The molecule has 0 unspecified atom stereocenters. The molecule has 2 aliphatic heterocycles. The van der Waals surface area contributed by atoms with Gasteiger partial charge in [-0.3, -0.25) is 4.79 Å². The van der Waals surface area contributed by atoms with E-state index in [2.05, 4.69) is 34.6 Å². The summed E-state index contributed by atoms with van der Waals surface area (Å²) >= 11 is 0. The molecule has 5 aliphatic carbocycles. The molecule has 0 aromatic carbocycles. The van der Waals surface area contributed by atoms with Crippen LogP contribution in [0.15, 0.2) is 0 Å². The number of aliphatic carboxylic acids is 1. The molecular formula is C38H61NO8. The van der Waals surface area contributed by atoms with E-state index in [1.807, 2.05) is 6.92 Å². The predicted octanol–water partition coefficient (Wildman–Crippen LogP) is 5.89. The van der Waals surface area contributed by atoms with Gasteiger partial charge in [-0.2, -0.15) is 0 Å². The zero-order valence-electron chi connectivity index (χ0n) is 30.1. The van der Waals surface area contributed by atoms with Gasteiger partial charge in [-0.25, -0.2) is 4.79 Å². The van der Waals surface area contributed by atoms with Crippen LogP contribution in [0.1, 0.15) is 113 Å². The number of likely N-dealkylation sites (tertiary alicyclic amines) is 1. The minimum absolute atomic E-state index is 0.0460. The van der Waals surface area contributed by atoms with Crippen LogP contribution in [0.2, 0.25) is 0 Å². The molecule has 2 heterocycles. The van der Waals surface area contributed by atoms with Crippen molar-refractivity contribution in [2.75, 3.05) is 19.7 Å². The number of amides is 1. The second-order valence-electron chi connectivity index (χ2n) is 18.7. The van der Waals surface area contributed by atoms with E-state index in [1.165, 1.54) is 12.8 Å². The van der Waals surface area contributed by atoms with Crippen molar-refractivity contribution in [3.05, 3.63) is 0 Å². The first-order chi connectivity index (χ1) is 21.9. The molecule has 0 aromatic heterocycles. The van der Waals surface area contributed by atoms with Crippen molar-refractivity contribution in [2.45, 2.75) is 149 Å². The van der Waals surface area contributed by atoms with E-state index in [0.717, 1.165) is 38.5 Å². The van der Waals surface area contributed by atoms with E-state index < -0.39 is 29.7 Å². The third-order valence-corrected chi connectivity index (χ3v) is 16.2. The lowest BCUT2D eigenvalue weighted by Crippen LogP contribution is -2.60. The van der Waals surface area contributed by atoms with Crippen molar-refractivity contribution in [1.29, 1.82) is 0 Å². The molecule has 3 N–H and O–H groups in total. The lowest BCUT2D eigenvalue weighted by molar-refractivity contribution is -0.215. The van der Waals surface area contributed by atoms with Crippen molar-refractivity contribution in [1.82, 2.24) is 4.90 Å². The van der Waals surface area contributed by atoms with E-state index >= 15 is 0 Å². The average Bonchev–Trinajstić information content (AvgIpc) is 3.28. The number of fused-ring (bicyclic) bond motifs is 4. The number of aliphatic hydroxyl groups is 2. The largest absolute Gasteiger partial charge is 0.481 e. The summed E-state index contributed by atoms with van der Waals surface area (Å²) in [5.74, 6) is 0.0934. The van der Waals surface area contributed by atoms with Gasteiger partial charge in [0.15, 0.2) is 0 Å². The van der Waals surface area contributed by atoms with E-state index in [1.54, 1.807) is 18.7 Å². The first-order valence-corrected chi connectivity index (χ1v) is 18.7. The van der Waals surface area contributed by atoms with Crippen LogP contribution in [-0.4, -0.2) is 88.1 Å². The quantitative estimate of drug-likeness (QED) is 0.323. The van der Waals surface area contributed by atoms with Gasteiger partial charge in [-0.15, -0.1) is 0 Å². The molecule has 2 spiro atoms. The molecular weight excluding hydrogens is 598 g/mol. The summed E-state index contributed by atoms with van der Waals surface area (Å²) in [6, 6.07) is 0. The molecule has 266 valence electrons. The fourth-order valence-electron chi connectivity index (χ4n) is 14.0. The number of hydrogen-bond donors (Lipinski definition) is 3. The Morgan fingerprint density at radius 2 is 1.70 bits per heavy atom. The summed E-state index contributed by atoms with van der Waals surface area (Å²) in [5, 5.41) is 33.0. The molecule has 0 bridgehead atoms. The predicted molar refractivity (Wildman–Crippen MR) is 175 cm³/mol. The molecule has 5 saturated carbocycles. The Morgan fingerprint density at radius 1 is 1.02 bits per heavy atom. The van der Waals surface area contributed by atoms with Gasteiger partial charge in [0.05, 0.1) is 29.8 Å². The Kier molecular flexibility index (Phi) is 7.82. The van der Waals surface area contributed by atoms with Gasteiger partial charge in [0.1, 0.15) is 12.2 Å². The molecule has 47 heavy (non-hydrogen) atoms. The molecule has 7 rings (SSSR count). The monoisotopic (exact) mass is 659 g/mol. The maximum absolute atomic E-state index is 13.2. The highest BCUT2D eigenvalue weighted by atomic mass is 16.6. The van der Waals surface area contributed by atoms with E-state index in [4.69, 9.17) is 14.2 Å². The second-order valence-corrected chi connectivity index (χ2v) is 18.7. The highest BCUT2D eigenvalue weighted by Crippen LogP contribution is 2.89. The molecule has 14 atom stereocenters. The lowest BCUT2D eigenvalue weighted by atomic mass is 9.41. The molecule has 9 heteroatoms. The number of hydrogen-bond acceptors (Lipinski definition) is 7. The molecule has 2 saturated heterocycles. The van der Waals surface area contributed by atoms with Gasteiger partial charge < -0.3 is 34.4 Å².